The fourth-order valence-corrected chi connectivity index (χ4v) is 5.17. The summed E-state index contributed by atoms with van der Waals surface area (Å²) in [4.78, 5) is 89.0. The van der Waals surface area contributed by atoms with Crippen LogP contribution in [0.4, 0.5) is 10.5 Å². The minimum absolute atomic E-state index is 0.00127. The predicted octanol–water partition coefficient (Wildman–Crippen LogP) is 0.894. The van der Waals surface area contributed by atoms with E-state index in [9.17, 15) is 33.6 Å². The molecule has 18 heteroatoms. The second kappa shape index (κ2) is 24.1. The summed E-state index contributed by atoms with van der Waals surface area (Å²) in [6, 6.07) is 5.93. The number of thioether (sulfide) groups is 2. The number of hydrogen-bond donors (Lipinski definition) is 8. The van der Waals surface area contributed by atoms with Crippen molar-refractivity contribution in [1.29, 1.82) is 0 Å². The fraction of sp³-hybridized carbons (Fsp3) is 0.606. The Hall–Kier alpha value is -4.19. The number of hydrazine groups is 1. The van der Waals surface area contributed by atoms with Gasteiger partial charge in [0.1, 0.15) is 30.3 Å². The molecular weight excluding hydrogens is 701 g/mol. The molecule has 51 heavy (non-hydrogen) atoms. The van der Waals surface area contributed by atoms with Gasteiger partial charge in [0.25, 0.3) is 5.91 Å². The minimum atomic E-state index is -1.03. The van der Waals surface area contributed by atoms with Crippen molar-refractivity contribution < 1.29 is 38.3 Å². The third-order valence-electron chi connectivity index (χ3n) is 6.62. The lowest BCUT2D eigenvalue weighted by atomic mass is 10.0. The summed E-state index contributed by atoms with van der Waals surface area (Å²) in [7, 11) is 0. The quantitative estimate of drug-likeness (QED) is 0.0777. The number of anilines is 1. The summed E-state index contributed by atoms with van der Waals surface area (Å²) >= 11 is 2.93. The van der Waals surface area contributed by atoms with Gasteiger partial charge >= 0.3 is 6.09 Å². The first-order valence-electron chi connectivity index (χ1n) is 16.5. The average Bonchev–Trinajstić information content (AvgIpc) is 3.06. The molecule has 286 valence electrons. The van der Waals surface area contributed by atoms with E-state index in [-0.39, 0.29) is 31.7 Å². The molecule has 0 radical (unpaired) electrons. The summed E-state index contributed by atoms with van der Waals surface area (Å²) in [5, 5.41) is 15.3. The van der Waals surface area contributed by atoms with E-state index >= 15 is 0 Å². The highest BCUT2D eigenvalue weighted by Crippen LogP contribution is 2.09. The van der Waals surface area contributed by atoms with Gasteiger partial charge in [-0.15, -0.1) is 0 Å². The maximum Gasteiger partial charge on any atom is 0.408 e. The highest BCUT2D eigenvalue weighted by atomic mass is 32.2. The lowest BCUT2D eigenvalue weighted by Crippen LogP contribution is -2.56. The Bertz CT molecular complexity index is 1300. The molecule has 16 nitrogen and oxygen atoms in total. The van der Waals surface area contributed by atoms with Crippen molar-refractivity contribution >= 4 is 70.7 Å². The molecular formula is C33H54N8O8S2. The maximum absolute atomic E-state index is 13.3. The standard InChI is InChI=1S/C33H54N8O8S2/c1-21(2)17-25(38-27(43)19-36-32(48)49-33(3,4)5)31(47)39-24(14-16-51-7)30(46)34-18-26(42)37-23(13-15-50-6)29(45)35-20-28(44)41-40-22-11-9-8-10-12-22/h8-12,21,23-25,40H,13-20H2,1-7H3,(H,34,46)(H,35,45)(H,36,48)(H,37,42)(H,38,43)(H,39,47)(H,41,44)/t23-,24-,25-/m0/s1. The van der Waals surface area contributed by atoms with Gasteiger partial charge < -0.3 is 36.6 Å². The number of carbonyl (C=O) groups excluding carboxylic acids is 7. The van der Waals surface area contributed by atoms with Crippen molar-refractivity contribution in [3.63, 3.8) is 0 Å². The molecule has 1 rings (SSSR count). The number of alkyl carbamates (subject to hydrolysis) is 1. The number of hydrogen-bond acceptors (Lipinski definition) is 11. The largest absolute Gasteiger partial charge is 0.444 e. The molecule has 0 aliphatic heterocycles. The lowest BCUT2D eigenvalue weighted by molar-refractivity contribution is -0.133. The second-order valence-corrected chi connectivity index (χ2v) is 14.8. The summed E-state index contributed by atoms with van der Waals surface area (Å²) < 4.78 is 5.13. The molecule has 0 bridgehead atoms. The number of carbonyl (C=O) groups is 7. The van der Waals surface area contributed by atoms with E-state index in [1.54, 1.807) is 45.0 Å². The van der Waals surface area contributed by atoms with E-state index in [0.29, 0.717) is 17.2 Å². The van der Waals surface area contributed by atoms with Gasteiger partial charge in [0.05, 0.1) is 18.8 Å². The second-order valence-electron chi connectivity index (χ2n) is 12.8. The van der Waals surface area contributed by atoms with Crippen LogP contribution in [0.25, 0.3) is 0 Å². The van der Waals surface area contributed by atoms with Crippen LogP contribution in [0, 0.1) is 5.92 Å². The highest BCUT2D eigenvalue weighted by molar-refractivity contribution is 7.98. The van der Waals surface area contributed by atoms with E-state index in [4.69, 9.17) is 4.74 Å². The van der Waals surface area contributed by atoms with Crippen molar-refractivity contribution in [2.24, 2.45) is 5.92 Å². The zero-order valence-electron chi connectivity index (χ0n) is 30.4. The van der Waals surface area contributed by atoms with Gasteiger partial charge in [-0.25, -0.2) is 4.79 Å². The number of ether oxygens (including phenoxy) is 1. The van der Waals surface area contributed by atoms with Crippen LogP contribution >= 0.6 is 23.5 Å². The molecule has 0 saturated heterocycles. The molecule has 0 fully saturated rings. The molecule has 0 saturated carbocycles. The first-order valence-corrected chi connectivity index (χ1v) is 19.3. The van der Waals surface area contributed by atoms with E-state index in [1.807, 2.05) is 32.4 Å². The van der Waals surface area contributed by atoms with Gasteiger partial charge in [0, 0.05) is 0 Å². The van der Waals surface area contributed by atoms with Crippen LogP contribution in [0.5, 0.6) is 0 Å². The van der Waals surface area contributed by atoms with Crippen LogP contribution in [0.1, 0.15) is 53.9 Å². The van der Waals surface area contributed by atoms with Gasteiger partial charge in [-0.3, -0.25) is 39.6 Å². The van der Waals surface area contributed by atoms with Crippen molar-refractivity contribution in [3.05, 3.63) is 30.3 Å². The number of amides is 7. The smallest absolute Gasteiger partial charge is 0.408 e. The van der Waals surface area contributed by atoms with Gasteiger partial charge in [-0.1, -0.05) is 32.0 Å². The number of para-hydroxylation sites is 1. The van der Waals surface area contributed by atoms with E-state index in [1.165, 1.54) is 23.5 Å². The molecule has 0 aromatic heterocycles. The van der Waals surface area contributed by atoms with Gasteiger partial charge in [0.15, 0.2) is 0 Å². The van der Waals surface area contributed by atoms with Crippen LogP contribution in [-0.4, -0.2) is 109 Å². The molecule has 3 atom stereocenters. The summed E-state index contributed by atoms with van der Waals surface area (Å²) in [6.45, 7) is 7.56. The van der Waals surface area contributed by atoms with Gasteiger partial charge in [-0.2, -0.15) is 23.5 Å². The summed E-state index contributed by atoms with van der Waals surface area (Å²) in [5.74, 6) is -2.50. The van der Waals surface area contributed by atoms with Crippen molar-refractivity contribution in [3.8, 4) is 0 Å². The molecule has 8 N–H and O–H groups in total. The highest BCUT2D eigenvalue weighted by Gasteiger charge is 2.28. The van der Waals surface area contributed by atoms with E-state index in [2.05, 4.69) is 42.8 Å². The third kappa shape index (κ3) is 20.9. The summed E-state index contributed by atoms with van der Waals surface area (Å²) in [5.41, 5.74) is 5.12. The molecule has 0 aliphatic carbocycles. The zero-order valence-corrected chi connectivity index (χ0v) is 32.1. The first-order chi connectivity index (χ1) is 24.0. The predicted molar refractivity (Wildman–Crippen MR) is 200 cm³/mol. The molecule has 1 aromatic rings. The van der Waals surface area contributed by atoms with Crippen molar-refractivity contribution in [2.75, 3.05) is 49.1 Å². The van der Waals surface area contributed by atoms with E-state index < -0.39 is 78.4 Å². The number of rotatable bonds is 22. The minimum Gasteiger partial charge on any atom is -0.444 e. The molecule has 0 heterocycles. The fourth-order valence-electron chi connectivity index (χ4n) is 4.23. The molecule has 7 amide bonds. The normalized spacial score (nSPS) is 12.7. The molecule has 1 aromatic carbocycles. The van der Waals surface area contributed by atoms with Crippen LogP contribution in [0.2, 0.25) is 0 Å². The van der Waals surface area contributed by atoms with Crippen LogP contribution in [-0.2, 0) is 33.5 Å². The first kappa shape index (κ1) is 44.8. The summed E-state index contributed by atoms with van der Waals surface area (Å²) in [6.07, 6.45) is 3.68. The van der Waals surface area contributed by atoms with Crippen LogP contribution in [0.3, 0.4) is 0 Å². The van der Waals surface area contributed by atoms with E-state index in [0.717, 1.165) is 0 Å². The average molecular weight is 755 g/mol. The Labute approximate surface area is 308 Å². The maximum atomic E-state index is 13.3. The van der Waals surface area contributed by atoms with Crippen LogP contribution in [0.15, 0.2) is 30.3 Å². The molecule has 0 aliphatic rings. The Kier molecular flexibility index (Phi) is 21.2. The van der Waals surface area contributed by atoms with Gasteiger partial charge in [0.2, 0.25) is 29.5 Å². The Morgan fingerprint density at radius 3 is 1.67 bits per heavy atom. The Morgan fingerprint density at radius 2 is 1.16 bits per heavy atom. The number of nitrogens with one attached hydrogen (secondary N) is 8. The molecule has 0 spiro atoms. The molecule has 0 unspecified atom stereocenters. The third-order valence-corrected chi connectivity index (χ3v) is 7.91. The number of benzene rings is 1. The van der Waals surface area contributed by atoms with Crippen LogP contribution < -0.4 is 42.8 Å². The topological polar surface area (TPSA) is 225 Å². The van der Waals surface area contributed by atoms with Gasteiger partial charge in [-0.05, 0) is 82.1 Å². The SMILES string of the molecule is CSCC[C@H](NC(=O)CNC(=O)[C@H](CCSC)NC(=O)[C@H](CC(C)C)NC(=O)CNC(=O)OC(C)(C)C)C(=O)NCC(=O)NNc1ccccc1. The Balaban J connectivity index is 2.77. The van der Waals surface area contributed by atoms with Crippen molar-refractivity contribution in [1.82, 2.24) is 37.3 Å². The lowest BCUT2D eigenvalue weighted by Gasteiger charge is -2.24. The Morgan fingerprint density at radius 1 is 0.667 bits per heavy atom. The zero-order chi connectivity index (χ0) is 38.4. The van der Waals surface area contributed by atoms with Crippen molar-refractivity contribution in [2.45, 2.75) is 77.6 Å². The monoisotopic (exact) mass is 754 g/mol.